The Bertz CT molecular complexity index is 679. The van der Waals surface area contributed by atoms with E-state index in [0.29, 0.717) is 12.0 Å². The molecule has 5 heteroatoms. The number of rotatable bonds is 4. The predicted molar refractivity (Wildman–Crippen MR) is 92.1 cm³/mol. The van der Waals surface area contributed by atoms with Crippen molar-refractivity contribution in [1.82, 2.24) is 9.97 Å². The zero-order chi connectivity index (χ0) is 15.6. The highest BCUT2D eigenvalue weighted by Crippen LogP contribution is 2.41. The summed E-state index contributed by atoms with van der Waals surface area (Å²) in [5, 5.41) is 10.4. The van der Waals surface area contributed by atoms with E-state index in [1.807, 2.05) is 0 Å². The van der Waals surface area contributed by atoms with Crippen LogP contribution in [0.2, 0.25) is 0 Å². The number of aryl methyl sites for hydroxylation is 1. The molecule has 0 bridgehead atoms. The first-order valence-electron chi connectivity index (χ1n) is 8.88. The topological polar surface area (TPSA) is 55.2 Å². The molecule has 0 radical (unpaired) electrons. The molecule has 2 aliphatic carbocycles. The summed E-state index contributed by atoms with van der Waals surface area (Å²) in [4.78, 5) is 11.5. The van der Waals surface area contributed by atoms with Crippen molar-refractivity contribution in [1.29, 1.82) is 0 Å². The Morgan fingerprint density at radius 2 is 2.04 bits per heavy atom. The van der Waals surface area contributed by atoms with Gasteiger partial charge in [0.25, 0.3) is 0 Å². The number of thiophene rings is 1. The third kappa shape index (κ3) is 3.09. The van der Waals surface area contributed by atoms with Crippen molar-refractivity contribution in [2.24, 2.45) is 5.92 Å². The predicted octanol–water partition coefficient (Wildman–Crippen LogP) is 3.89. The second-order valence-electron chi connectivity index (χ2n) is 6.86. The lowest BCUT2D eigenvalue weighted by molar-refractivity contribution is 0.150. The lowest BCUT2D eigenvalue weighted by Gasteiger charge is -2.24. The highest BCUT2D eigenvalue weighted by molar-refractivity contribution is 7.18. The number of ether oxygens (including phenoxy) is 1. The minimum atomic E-state index is 0.282. The van der Waals surface area contributed by atoms with Gasteiger partial charge in [-0.15, -0.1) is 11.3 Å². The molecule has 124 valence electrons. The molecule has 1 fully saturated rings. The van der Waals surface area contributed by atoms with Crippen molar-refractivity contribution >= 4 is 21.6 Å². The molecule has 0 unspecified atom stereocenters. The average Bonchev–Trinajstić information content (AvgIpc) is 2.95. The van der Waals surface area contributed by atoms with Crippen LogP contribution in [0.4, 0.5) is 0 Å². The number of aromatic nitrogens is 2. The first kappa shape index (κ1) is 15.3. The third-order valence-electron chi connectivity index (χ3n) is 5.28. The maximum absolute atomic E-state index is 9.25. The molecule has 4 rings (SSSR count). The quantitative estimate of drug-likeness (QED) is 0.923. The van der Waals surface area contributed by atoms with E-state index >= 15 is 0 Å². The van der Waals surface area contributed by atoms with Gasteiger partial charge in [-0.25, -0.2) is 9.97 Å². The largest absolute Gasteiger partial charge is 0.474 e. The molecular weight excluding hydrogens is 308 g/mol. The fraction of sp³-hybridized carbons (Fsp3) is 0.667. The number of hydrogen-bond donors (Lipinski definition) is 1. The van der Waals surface area contributed by atoms with Crippen LogP contribution < -0.4 is 4.74 Å². The van der Waals surface area contributed by atoms with E-state index < -0.39 is 0 Å². The molecule has 2 aromatic heterocycles. The molecule has 23 heavy (non-hydrogen) atoms. The van der Waals surface area contributed by atoms with Gasteiger partial charge in [-0.2, -0.15) is 0 Å². The second kappa shape index (κ2) is 6.73. The first-order chi connectivity index (χ1) is 11.3. The molecule has 0 aromatic carbocycles. The van der Waals surface area contributed by atoms with Gasteiger partial charge in [0, 0.05) is 11.5 Å². The molecular formula is C18H24N2O2S. The molecule has 2 aliphatic rings. The van der Waals surface area contributed by atoms with Crippen LogP contribution in [0, 0.1) is 5.92 Å². The van der Waals surface area contributed by atoms with Gasteiger partial charge in [0.15, 0.2) is 0 Å². The Balaban J connectivity index is 1.67. The van der Waals surface area contributed by atoms with Crippen LogP contribution in [0.5, 0.6) is 5.88 Å². The number of aliphatic hydroxyl groups is 1. The average molecular weight is 332 g/mol. The Labute approximate surface area is 140 Å². The van der Waals surface area contributed by atoms with E-state index in [2.05, 4.69) is 9.97 Å². The van der Waals surface area contributed by atoms with E-state index in [4.69, 9.17) is 4.74 Å². The molecule has 4 nitrogen and oxygen atoms in total. The molecule has 1 atom stereocenters. The molecule has 0 saturated heterocycles. The van der Waals surface area contributed by atoms with E-state index in [1.165, 1.54) is 36.1 Å². The molecule has 0 amide bonds. The van der Waals surface area contributed by atoms with Crippen LogP contribution in [0.15, 0.2) is 6.33 Å². The summed E-state index contributed by atoms with van der Waals surface area (Å²) < 4.78 is 6.29. The van der Waals surface area contributed by atoms with Crippen LogP contribution in [-0.2, 0) is 12.8 Å². The first-order valence-corrected chi connectivity index (χ1v) is 9.69. The Morgan fingerprint density at radius 3 is 2.87 bits per heavy atom. The Hall–Kier alpha value is -1.20. The van der Waals surface area contributed by atoms with Gasteiger partial charge in [0.1, 0.15) is 17.3 Å². The molecule has 0 aliphatic heterocycles. The van der Waals surface area contributed by atoms with Crippen LogP contribution in [0.1, 0.15) is 55.4 Å². The van der Waals surface area contributed by atoms with Crippen LogP contribution in [0.25, 0.3) is 10.2 Å². The number of nitrogens with zero attached hydrogens (tertiary/aromatic N) is 2. The van der Waals surface area contributed by atoms with Crippen molar-refractivity contribution in [2.75, 3.05) is 6.61 Å². The SMILES string of the molecule is OCC[C@@H]1CCc2sc3ncnc(OC4CCCCC4)c3c2C1. The van der Waals surface area contributed by atoms with Gasteiger partial charge in [-0.1, -0.05) is 6.42 Å². The summed E-state index contributed by atoms with van der Waals surface area (Å²) in [6.45, 7) is 0.282. The number of hydrogen-bond acceptors (Lipinski definition) is 5. The summed E-state index contributed by atoms with van der Waals surface area (Å²) >= 11 is 1.80. The summed E-state index contributed by atoms with van der Waals surface area (Å²) in [5.74, 6) is 1.37. The van der Waals surface area contributed by atoms with Gasteiger partial charge in [-0.05, 0) is 62.8 Å². The molecule has 2 heterocycles. The maximum Gasteiger partial charge on any atom is 0.225 e. The molecule has 2 aromatic rings. The molecule has 1 N–H and O–H groups in total. The number of aliphatic hydroxyl groups excluding tert-OH is 1. The van der Waals surface area contributed by atoms with Gasteiger partial charge in [-0.3, -0.25) is 0 Å². The minimum absolute atomic E-state index is 0.282. The van der Waals surface area contributed by atoms with Gasteiger partial charge >= 0.3 is 0 Å². The van der Waals surface area contributed by atoms with Crippen molar-refractivity contribution in [3.8, 4) is 5.88 Å². The fourth-order valence-electron chi connectivity index (χ4n) is 4.01. The standard InChI is InChI=1S/C18H24N2O2S/c21-9-8-12-6-7-15-14(10-12)16-17(19-11-20-18(16)23-15)22-13-4-2-1-3-5-13/h11-13,21H,1-10H2/t12-/m0/s1. The van der Waals surface area contributed by atoms with Crippen molar-refractivity contribution in [2.45, 2.75) is 63.9 Å². The summed E-state index contributed by atoms with van der Waals surface area (Å²) in [6.07, 6.45) is 12.3. The summed E-state index contributed by atoms with van der Waals surface area (Å²) in [5.41, 5.74) is 1.39. The van der Waals surface area contributed by atoms with E-state index in [0.717, 1.165) is 48.2 Å². The van der Waals surface area contributed by atoms with Gasteiger partial charge in [0.2, 0.25) is 5.88 Å². The molecule has 0 spiro atoms. The van der Waals surface area contributed by atoms with Crippen molar-refractivity contribution in [3.05, 3.63) is 16.8 Å². The smallest absolute Gasteiger partial charge is 0.225 e. The fourth-order valence-corrected chi connectivity index (χ4v) is 5.18. The van der Waals surface area contributed by atoms with Crippen LogP contribution >= 0.6 is 11.3 Å². The number of fused-ring (bicyclic) bond motifs is 3. The van der Waals surface area contributed by atoms with Crippen LogP contribution in [-0.4, -0.2) is 27.8 Å². The lowest BCUT2D eigenvalue weighted by Crippen LogP contribution is -2.20. The highest BCUT2D eigenvalue weighted by Gasteiger charge is 2.26. The van der Waals surface area contributed by atoms with Gasteiger partial charge < -0.3 is 9.84 Å². The maximum atomic E-state index is 9.25. The van der Waals surface area contributed by atoms with Crippen molar-refractivity contribution < 1.29 is 9.84 Å². The summed E-state index contributed by atoms with van der Waals surface area (Å²) in [6, 6.07) is 0. The van der Waals surface area contributed by atoms with Crippen molar-refractivity contribution in [3.63, 3.8) is 0 Å². The minimum Gasteiger partial charge on any atom is -0.474 e. The van der Waals surface area contributed by atoms with Gasteiger partial charge in [0.05, 0.1) is 5.39 Å². The van der Waals surface area contributed by atoms with Crippen LogP contribution in [0.3, 0.4) is 0 Å². The third-order valence-corrected chi connectivity index (χ3v) is 6.48. The van der Waals surface area contributed by atoms with E-state index in [9.17, 15) is 5.11 Å². The molecule has 1 saturated carbocycles. The van der Waals surface area contributed by atoms with E-state index in [1.54, 1.807) is 17.7 Å². The lowest BCUT2D eigenvalue weighted by atomic mass is 9.85. The Morgan fingerprint density at radius 1 is 1.17 bits per heavy atom. The highest BCUT2D eigenvalue weighted by atomic mass is 32.1. The zero-order valence-corrected chi connectivity index (χ0v) is 14.3. The summed E-state index contributed by atoms with van der Waals surface area (Å²) in [7, 11) is 0. The second-order valence-corrected chi connectivity index (χ2v) is 7.95. The monoisotopic (exact) mass is 332 g/mol. The van der Waals surface area contributed by atoms with E-state index in [-0.39, 0.29) is 6.61 Å². The normalized spacial score (nSPS) is 22.2. The Kier molecular flexibility index (Phi) is 4.49. The zero-order valence-electron chi connectivity index (χ0n) is 13.5.